The molecule has 0 aromatic heterocycles. The maximum Gasteiger partial charge on any atom is 0.418 e. The number of carbonyl (C=O) groups is 18. The second kappa shape index (κ2) is 45.4. The Labute approximate surface area is 771 Å². The Bertz CT molecular complexity index is 5310. The highest BCUT2D eigenvalue weighted by atomic mass is 32.3. The molecule has 762 valence electrons. The first-order valence-electron chi connectivity index (χ1n) is 40.9. The first-order chi connectivity index (χ1) is 62.3. The van der Waals surface area contributed by atoms with Crippen molar-refractivity contribution >= 4 is 169 Å². The first-order valence-corrected chi connectivity index (χ1v) is 49.1. The van der Waals surface area contributed by atoms with E-state index >= 15 is 0 Å². The number of rotatable bonds is 28. The van der Waals surface area contributed by atoms with E-state index in [1.165, 1.54) is 44.8 Å². The Morgan fingerprint density at radius 1 is 0.326 bits per heavy atom. The number of hydrogen-bond donors (Lipinski definition) is 12. The van der Waals surface area contributed by atoms with Gasteiger partial charge in [-0.15, -0.1) is 25.7 Å². The number of amides is 21. The van der Waals surface area contributed by atoms with Gasteiger partial charge in [-0.3, -0.25) is 116 Å². The van der Waals surface area contributed by atoms with Crippen molar-refractivity contribution in [3.05, 3.63) is 0 Å². The van der Waals surface area contributed by atoms with Crippen LogP contribution >= 0.6 is 0 Å². The normalized spacial score (nSPS) is 24.3. The van der Waals surface area contributed by atoms with Crippen LogP contribution in [-0.4, -0.2) is 412 Å². The van der Waals surface area contributed by atoms with Crippen LogP contribution in [0.25, 0.3) is 0 Å². The topological polar surface area (TPSA) is 810 Å². The fraction of sp³-hybridized carbons (Fsp3) is 0.727. The van der Waals surface area contributed by atoms with Gasteiger partial charge in [-0.2, -0.15) is 80.9 Å². The minimum atomic E-state index is -4.83. The Hall–Kier alpha value is -10.9. The Kier molecular flexibility index (Phi) is 37.3. The van der Waals surface area contributed by atoms with Crippen LogP contribution in [0.4, 0.5) is 28.8 Å². The monoisotopic (exact) mass is 2060 g/mol. The van der Waals surface area contributed by atoms with Crippen LogP contribution in [0.2, 0.25) is 0 Å². The van der Waals surface area contributed by atoms with Crippen LogP contribution in [0.1, 0.15) is 145 Å². The minimum Gasteiger partial charge on any atom is -0.347 e. The number of hydroxylamine groups is 12. The van der Waals surface area contributed by atoms with E-state index in [4.69, 9.17) is 27.3 Å². The summed E-state index contributed by atoms with van der Waals surface area (Å²) in [5.41, 5.74) is 7.15. The SMILES string of the molecule is CC(=O)CNC(=O)[C@@H]1CC[C@@H]2CN1C(=O)N2OS(=O)(=O)O.CC(=O)N(C)NC(=O)[C@@H]1CC[C@@H]2CN1C(=O)N2OS(=O)(=O)O.CC(C)C(=O)CNC(=O)[C@@H]1CC[C@@H]2CN1C(=O)N2OS(=O)(=O)O.CC(C)C(=O)N(C)NC(=O)[C@@H]1CC[C@@H]2CN1C(=O)N2OS(=O)(=O)O.CCC(=O)CNC(=O)[C@@H]1CC[C@@H]2CN1C(=O)N2OS(=O)(=O)O.CCC(=O)N(C)NC(=O)[C@@H]1CC[C@@H]2CN1C(=O)N2OS(=O)(=O)O. The third-order valence-electron chi connectivity index (χ3n) is 22.1. The van der Waals surface area contributed by atoms with Crippen LogP contribution in [0.5, 0.6) is 0 Å². The average molecular weight is 2060 g/mol. The number of urea groups is 6. The average Bonchev–Trinajstić information content (AvgIpc) is 1.66. The van der Waals surface area contributed by atoms with Crippen molar-refractivity contribution in [2.45, 2.75) is 218 Å². The van der Waals surface area contributed by atoms with E-state index in [9.17, 15) is 137 Å². The fourth-order valence-corrected chi connectivity index (χ4v) is 17.7. The van der Waals surface area contributed by atoms with Gasteiger partial charge in [0.1, 0.15) is 42.0 Å². The lowest BCUT2D eigenvalue weighted by atomic mass is 10.00. The highest BCUT2D eigenvalue weighted by Crippen LogP contribution is 2.37. The van der Waals surface area contributed by atoms with E-state index in [0.29, 0.717) is 94.6 Å². The van der Waals surface area contributed by atoms with E-state index in [2.05, 4.69) is 57.9 Å². The molecule has 0 saturated carbocycles. The van der Waals surface area contributed by atoms with Crippen molar-refractivity contribution in [1.82, 2.24) is 107 Å². The molecule has 12 N–H and O–H groups in total. The summed E-state index contributed by atoms with van der Waals surface area (Å²) in [7, 11) is -24.7. The van der Waals surface area contributed by atoms with E-state index < -0.39 is 207 Å². The lowest BCUT2D eigenvalue weighted by molar-refractivity contribution is -0.144. The number of piperidine rings is 6. The maximum atomic E-state index is 12.3. The highest BCUT2D eigenvalue weighted by Gasteiger charge is 2.56. The molecule has 21 amide bonds. The summed E-state index contributed by atoms with van der Waals surface area (Å²) in [4.78, 5) is 220. The van der Waals surface area contributed by atoms with Crippen LogP contribution < -0.4 is 32.2 Å². The van der Waals surface area contributed by atoms with Crippen LogP contribution in [0.15, 0.2) is 0 Å². The number of carbonyl (C=O) groups excluding carboxylic acids is 18. The first kappa shape index (κ1) is 111. The van der Waals surface area contributed by atoms with Gasteiger partial charge >= 0.3 is 98.6 Å². The summed E-state index contributed by atoms with van der Waals surface area (Å²) < 4.78 is 207. The third kappa shape index (κ3) is 30.3. The molecule has 0 aliphatic carbocycles. The van der Waals surface area contributed by atoms with Crippen molar-refractivity contribution in [3.63, 3.8) is 0 Å². The predicted molar refractivity (Wildman–Crippen MR) is 439 cm³/mol. The predicted octanol–water partition coefficient (Wildman–Crippen LogP) is -6.37. The second-order valence-electron chi connectivity index (χ2n) is 32.3. The van der Waals surface area contributed by atoms with Gasteiger partial charge in [-0.25, -0.2) is 28.8 Å². The van der Waals surface area contributed by atoms with E-state index in [1.807, 2.05) is 0 Å². The summed E-state index contributed by atoms with van der Waals surface area (Å²) in [6, 6.07) is -13.2. The maximum absolute atomic E-state index is 12.3. The number of hydrazine groups is 3. The number of nitrogens with one attached hydrogen (secondary N) is 6. The third-order valence-corrected chi connectivity index (χ3v) is 24.1. The molecule has 63 nitrogen and oxygen atoms in total. The zero-order valence-corrected chi connectivity index (χ0v) is 78.8. The number of hydrogen-bond acceptors (Lipinski definition) is 36. The van der Waals surface area contributed by atoms with Gasteiger partial charge in [0.25, 0.3) is 17.7 Å². The molecular weight excluding hydrogens is 1950 g/mol. The lowest BCUT2D eigenvalue weighted by Crippen LogP contribution is -2.55. The van der Waals surface area contributed by atoms with E-state index in [0.717, 1.165) is 34.6 Å². The lowest BCUT2D eigenvalue weighted by Gasteiger charge is -2.31. The molecule has 135 heavy (non-hydrogen) atoms. The van der Waals surface area contributed by atoms with E-state index in [-0.39, 0.29) is 131 Å². The number of ketones is 3. The molecule has 69 heteroatoms. The van der Waals surface area contributed by atoms with Crippen LogP contribution in [0, 0.1) is 11.8 Å². The Morgan fingerprint density at radius 2 is 0.548 bits per heavy atom. The largest absolute Gasteiger partial charge is 0.418 e. The summed E-state index contributed by atoms with van der Waals surface area (Å²) in [6.07, 6.45) is 4.26. The smallest absolute Gasteiger partial charge is 0.347 e. The zero-order chi connectivity index (χ0) is 102. The molecule has 0 aromatic carbocycles. The molecule has 12 atom stereocenters. The van der Waals surface area contributed by atoms with Crippen LogP contribution in [0.3, 0.4) is 0 Å². The van der Waals surface area contributed by atoms with Crippen LogP contribution in [-0.2, 0) is 146 Å². The van der Waals surface area contributed by atoms with Gasteiger partial charge in [0, 0.05) is 92.0 Å². The highest BCUT2D eigenvalue weighted by molar-refractivity contribution is 7.82. The number of Topliss-reactive ketones (excluding diaryl/α,β-unsaturated/α-hetero) is 3. The zero-order valence-electron chi connectivity index (χ0n) is 73.9. The van der Waals surface area contributed by atoms with Crippen molar-refractivity contribution < 1.29 is 190 Å². The molecule has 12 rings (SSSR count). The van der Waals surface area contributed by atoms with Gasteiger partial charge in [0.05, 0.1) is 55.9 Å². The molecule has 12 fully saturated rings. The molecule has 12 bridgehead atoms. The van der Waals surface area contributed by atoms with Crippen molar-refractivity contribution in [1.29, 1.82) is 0 Å². The number of fused-ring (bicyclic) bond motifs is 12. The van der Waals surface area contributed by atoms with Gasteiger partial charge in [-0.05, 0) is 84.0 Å². The van der Waals surface area contributed by atoms with Crippen molar-refractivity contribution in [3.8, 4) is 0 Å². The Morgan fingerprint density at radius 3 is 0.756 bits per heavy atom. The molecule has 12 aliphatic heterocycles. The fourth-order valence-electron chi connectivity index (χ4n) is 15.4. The molecule has 12 heterocycles. The van der Waals surface area contributed by atoms with E-state index in [1.54, 1.807) is 41.5 Å². The summed E-state index contributed by atoms with van der Waals surface area (Å²) >= 11 is 0. The van der Waals surface area contributed by atoms with Crippen molar-refractivity contribution in [2.24, 2.45) is 11.8 Å². The van der Waals surface area contributed by atoms with Gasteiger partial charge in [0.2, 0.25) is 35.4 Å². The summed E-state index contributed by atoms with van der Waals surface area (Å²) in [5, 5.41) is 13.8. The quantitative estimate of drug-likeness (QED) is 0.0256. The molecular formula is C66H105N21O42S6. The Balaban J connectivity index is 0.000000221. The van der Waals surface area contributed by atoms with Gasteiger partial charge in [0.15, 0.2) is 11.6 Å². The number of nitrogens with zero attached hydrogens (tertiary/aromatic N) is 15. The molecule has 0 unspecified atom stereocenters. The molecule has 0 radical (unpaired) electrons. The standard InChI is InChI=1S/C12H20N4O7S.C12H19N3O7S.C11H18N4O7S.C11H17N3O7S.C10H16N4O7S.C10H15N3O7S/c1-7(2)11(18)14(3)13-10(17)9-5-4-8-6-15(9)12(19)16(8)23-24(20,21)22;1-7(2)10(16)5-13-11(17)9-4-3-8-6-14(9)12(18)15(8)22-23(19,20)21;1-3-9(16)13(2)12-10(17)8-5-4-7-6-14(8)11(18)15(7)22-23(19,20)21;1-2-8(15)5-12-10(16)9-4-3-7-6-13(9)11(17)14(7)21-22(18,19)20;1-6(15)12(2)11-9(16)8-4-3-7-5-13(8)10(17)14(7)21-22(18,19)20;1-6(14)4-11-9(15)8-3-2-7-5-12(8)10(16)13(7)20-21(17,18)19/h7-9H,4-6H2,1-3H3,(H,13,17)(H,20,21,22);7-9H,3-6H2,1-2H3,(H,13,17)(H,19,20,21);7-8H,3-6H2,1-2H3,(H,12,17)(H,19,20,21);7,9H,2-6H2,1H3,(H,12,16)(H,18,19,20);7-8H,3-5H2,1-2H3,(H,11,16)(H,18,19,20);7-8H,2-5H2,1H3,(H,11,15)(H,17,18,19)/t2*8-,9+;7-,8+;7-,9+;2*7-,8+/m111111/s1. The molecule has 12 aliphatic rings. The summed E-state index contributed by atoms with van der Waals surface area (Å²) in [6.45, 7) is 13.0. The molecule has 0 spiro atoms. The summed E-state index contributed by atoms with van der Waals surface area (Å²) in [5.74, 6) is -5.05. The minimum absolute atomic E-state index is 0.0915. The van der Waals surface area contributed by atoms with Crippen molar-refractivity contribution in [2.75, 3.05) is 80.0 Å². The molecule has 12 saturated heterocycles. The van der Waals surface area contributed by atoms with Gasteiger partial charge < -0.3 is 45.3 Å². The molecule has 0 aromatic rings. The van der Waals surface area contributed by atoms with Gasteiger partial charge in [-0.1, -0.05) is 41.5 Å². The second-order valence-corrected chi connectivity index (χ2v) is 38.3.